The number of hydrogen-bond donors (Lipinski definition) is 0. The maximum Gasteiger partial charge on any atom is 0.244 e. The summed E-state index contributed by atoms with van der Waals surface area (Å²) in [6.07, 6.45) is 0.779. The molecule has 4 aromatic rings. The number of rotatable bonds is 7. The van der Waals surface area contributed by atoms with Gasteiger partial charge in [0, 0.05) is 23.4 Å². The van der Waals surface area contributed by atoms with E-state index in [4.69, 9.17) is 0 Å². The van der Waals surface area contributed by atoms with Crippen molar-refractivity contribution in [1.82, 2.24) is 9.21 Å². The molecule has 1 atom stereocenters. The van der Waals surface area contributed by atoms with Gasteiger partial charge in [-0.1, -0.05) is 74.5 Å². The fourth-order valence-electron chi connectivity index (χ4n) is 5.27. The van der Waals surface area contributed by atoms with Crippen LogP contribution in [0.5, 0.6) is 0 Å². The molecule has 5 nitrogen and oxygen atoms in total. The minimum Gasteiger partial charge on any atom is -0.330 e. The highest BCUT2D eigenvalue weighted by Gasteiger charge is 2.36. The standard InChI is InChI=1S/C30H32N2O3S2/c1-21(2)19-31(37(34,35)28-14-8-11-23-10-5-7-13-25(23)28)20-29(33)32-17-15-27-26(16-18-36-27)30(32)24-12-6-4-9-22(24)3/h4-14,16,18,21,30H,15,17,19-20H2,1-3H3. The molecule has 0 spiro atoms. The molecular formula is C30H32N2O3S2. The van der Waals surface area contributed by atoms with E-state index in [9.17, 15) is 13.2 Å². The summed E-state index contributed by atoms with van der Waals surface area (Å²) in [7, 11) is -3.91. The van der Waals surface area contributed by atoms with Crippen LogP contribution in [-0.4, -0.2) is 43.2 Å². The third-order valence-electron chi connectivity index (χ3n) is 7.02. The lowest BCUT2D eigenvalue weighted by molar-refractivity contribution is -0.133. The Morgan fingerprint density at radius 2 is 1.73 bits per heavy atom. The molecule has 0 radical (unpaired) electrons. The number of benzene rings is 3. The lowest BCUT2D eigenvalue weighted by atomic mass is 9.90. The van der Waals surface area contributed by atoms with Crippen molar-refractivity contribution in [3.8, 4) is 0 Å². The van der Waals surface area contributed by atoms with Crippen LogP contribution in [0.4, 0.5) is 0 Å². The second kappa shape index (κ2) is 10.4. The van der Waals surface area contributed by atoms with Crippen LogP contribution in [0, 0.1) is 12.8 Å². The first-order chi connectivity index (χ1) is 17.8. The van der Waals surface area contributed by atoms with Crippen molar-refractivity contribution in [2.45, 2.75) is 38.1 Å². The van der Waals surface area contributed by atoms with Gasteiger partial charge in [0.25, 0.3) is 0 Å². The summed E-state index contributed by atoms with van der Waals surface area (Å²) >= 11 is 1.72. The summed E-state index contributed by atoms with van der Waals surface area (Å²) in [5.41, 5.74) is 3.35. The molecule has 1 aromatic heterocycles. The molecule has 1 amide bonds. The predicted octanol–water partition coefficient (Wildman–Crippen LogP) is 6.03. The van der Waals surface area contributed by atoms with Crippen LogP contribution < -0.4 is 0 Å². The molecule has 3 aromatic carbocycles. The minimum absolute atomic E-state index is 0.0644. The number of sulfonamides is 1. The molecule has 2 heterocycles. The van der Waals surface area contributed by atoms with Gasteiger partial charge in [-0.2, -0.15) is 4.31 Å². The Bertz CT molecular complexity index is 1540. The maximum atomic E-state index is 14.0. The fourth-order valence-corrected chi connectivity index (χ4v) is 7.94. The molecular weight excluding hydrogens is 500 g/mol. The SMILES string of the molecule is Cc1ccccc1C1c2ccsc2CCN1C(=O)CN(CC(C)C)S(=O)(=O)c1cccc2ccccc12. The Labute approximate surface area is 223 Å². The van der Waals surface area contributed by atoms with Gasteiger partial charge in [0.2, 0.25) is 15.9 Å². The predicted molar refractivity (Wildman–Crippen MR) is 150 cm³/mol. The van der Waals surface area contributed by atoms with Crippen LogP contribution in [0.3, 0.4) is 0 Å². The van der Waals surface area contributed by atoms with E-state index < -0.39 is 10.0 Å². The molecule has 0 fully saturated rings. The summed E-state index contributed by atoms with van der Waals surface area (Å²) < 4.78 is 29.4. The maximum absolute atomic E-state index is 14.0. The van der Waals surface area contributed by atoms with Crippen LogP contribution in [0.15, 0.2) is 83.1 Å². The molecule has 192 valence electrons. The van der Waals surface area contributed by atoms with Crippen molar-refractivity contribution in [3.63, 3.8) is 0 Å². The van der Waals surface area contributed by atoms with E-state index in [1.54, 1.807) is 23.5 Å². The number of fused-ring (bicyclic) bond motifs is 2. The Kier molecular flexibility index (Phi) is 7.21. The smallest absolute Gasteiger partial charge is 0.244 e. The molecule has 0 aliphatic carbocycles. The van der Waals surface area contributed by atoms with E-state index in [2.05, 4.69) is 30.5 Å². The van der Waals surface area contributed by atoms with Crippen molar-refractivity contribution >= 4 is 38.0 Å². The van der Waals surface area contributed by atoms with Gasteiger partial charge in [0.15, 0.2) is 0 Å². The van der Waals surface area contributed by atoms with E-state index in [0.29, 0.717) is 11.9 Å². The van der Waals surface area contributed by atoms with Gasteiger partial charge in [0.1, 0.15) is 0 Å². The summed E-state index contributed by atoms with van der Waals surface area (Å²) in [6, 6.07) is 22.8. The Balaban J connectivity index is 1.52. The monoisotopic (exact) mass is 532 g/mol. The summed E-state index contributed by atoms with van der Waals surface area (Å²) in [4.78, 5) is 17.4. The fraction of sp³-hybridized carbons (Fsp3) is 0.300. The van der Waals surface area contributed by atoms with Gasteiger partial charge in [-0.25, -0.2) is 8.42 Å². The second-order valence-corrected chi connectivity index (χ2v) is 13.0. The quantitative estimate of drug-likeness (QED) is 0.292. The minimum atomic E-state index is -3.91. The zero-order chi connectivity index (χ0) is 26.2. The summed E-state index contributed by atoms with van der Waals surface area (Å²) in [6.45, 7) is 6.66. The van der Waals surface area contributed by atoms with E-state index in [-0.39, 0.29) is 35.9 Å². The highest BCUT2D eigenvalue weighted by Crippen LogP contribution is 2.39. The van der Waals surface area contributed by atoms with Gasteiger partial charge < -0.3 is 4.90 Å². The highest BCUT2D eigenvalue weighted by atomic mass is 32.2. The average molecular weight is 533 g/mol. The van der Waals surface area contributed by atoms with Crippen LogP contribution in [-0.2, 0) is 21.2 Å². The van der Waals surface area contributed by atoms with Crippen LogP contribution in [0.1, 0.15) is 41.5 Å². The van der Waals surface area contributed by atoms with Gasteiger partial charge in [0.05, 0.1) is 17.5 Å². The Morgan fingerprint density at radius 1 is 1.00 bits per heavy atom. The number of aryl methyl sites for hydroxylation is 1. The van der Waals surface area contributed by atoms with Gasteiger partial charge in [-0.05, 0) is 58.9 Å². The Hall–Kier alpha value is -3.00. The molecule has 1 aliphatic heterocycles. The van der Waals surface area contributed by atoms with Gasteiger partial charge in [-0.3, -0.25) is 4.79 Å². The van der Waals surface area contributed by atoms with E-state index in [0.717, 1.165) is 28.5 Å². The number of hydrogen-bond acceptors (Lipinski definition) is 4. The first-order valence-corrected chi connectivity index (χ1v) is 15.0. The normalized spacial score (nSPS) is 15.9. The third-order valence-corrected chi connectivity index (χ3v) is 9.88. The van der Waals surface area contributed by atoms with Crippen LogP contribution in [0.2, 0.25) is 0 Å². The van der Waals surface area contributed by atoms with Crippen molar-refractivity contribution in [2.24, 2.45) is 5.92 Å². The first-order valence-electron chi connectivity index (χ1n) is 12.7. The molecule has 0 saturated heterocycles. The zero-order valence-electron chi connectivity index (χ0n) is 21.4. The summed E-state index contributed by atoms with van der Waals surface area (Å²) in [5, 5.41) is 3.62. The van der Waals surface area contributed by atoms with Crippen molar-refractivity contribution in [2.75, 3.05) is 19.6 Å². The van der Waals surface area contributed by atoms with Crippen LogP contribution in [0.25, 0.3) is 10.8 Å². The third kappa shape index (κ3) is 4.96. The topological polar surface area (TPSA) is 57.7 Å². The van der Waals surface area contributed by atoms with Crippen LogP contribution >= 0.6 is 11.3 Å². The molecule has 37 heavy (non-hydrogen) atoms. The molecule has 0 bridgehead atoms. The number of carbonyl (C=O) groups is 1. The average Bonchev–Trinajstić information content (AvgIpc) is 3.36. The molecule has 0 N–H and O–H groups in total. The zero-order valence-corrected chi connectivity index (χ0v) is 23.1. The molecule has 1 unspecified atom stereocenters. The van der Waals surface area contributed by atoms with E-state index in [1.807, 2.05) is 61.2 Å². The van der Waals surface area contributed by atoms with Crippen molar-refractivity contribution < 1.29 is 13.2 Å². The lowest BCUT2D eigenvalue weighted by Crippen LogP contribution is -2.47. The van der Waals surface area contributed by atoms with Gasteiger partial charge >= 0.3 is 0 Å². The molecule has 0 saturated carbocycles. The number of amides is 1. The molecule has 1 aliphatic rings. The van der Waals surface area contributed by atoms with Crippen molar-refractivity contribution in [1.29, 1.82) is 0 Å². The summed E-state index contributed by atoms with van der Waals surface area (Å²) in [5.74, 6) is -0.107. The Morgan fingerprint density at radius 3 is 2.51 bits per heavy atom. The number of nitrogens with zero attached hydrogens (tertiary/aromatic N) is 2. The number of carbonyl (C=O) groups excluding carboxylic acids is 1. The molecule has 7 heteroatoms. The largest absolute Gasteiger partial charge is 0.330 e. The van der Waals surface area contributed by atoms with E-state index in [1.165, 1.54) is 9.18 Å². The van der Waals surface area contributed by atoms with Gasteiger partial charge in [-0.15, -0.1) is 11.3 Å². The first kappa shape index (κ1) is 25.6. The molecule has 5 rings (SSSR count). The van der Waals surface area contributed by atoms with E-state index >= 15 is 0 Å². The highest BCUT2D eigenvalue weighted by molar-refractivity contribution is 7.89. The second-order valence-electron chi connectivity index (χ2n) is 10.1. The number of thiophene rings is 1. The lowest BCUT2D eigenvalue weighted by Gasteiger charge is -2.38. The van der Waals surface area contributed by atoms with Crippen molar-refractivity contribution in [3.05, 3.63) is 99.7 Å².